The smallest absolute Gasteiger partial charge is 0.306 e. The number of benzene rings is 1. The summed E-state index contributed by atoms with van der Waals surface area (Å²) in [4.78, 5) is 10.4. The first-order valence-corrected chi connectivity index (χ1v) is 7.66. The highest BCUT2D eigenvalue weighted by Crippen LogP contribution is 2.24. The SMILES string of the molecule is CC(O)(CNS(=O)(=O)c1ccc(Cl)c(Cl)c1)CC(=O)O. The van der Waals surface area contributed by atoms with Crippen molar-refractivity contribution in [2.45, 2.75) is 23.8 Å². The lowest BCUT2D eigenvalue weighted by atomic mass is 10.0. The van der Waals surface area contributed by atoms with E-state index in [1.807, 2.05) is 0 Å². The molecule has 0 aliphatic heterocycles. The van der Waals surface area contributed by atoms with Crippen LogP contribution in [0.15, 0.2) is 23.1 Å². The van der Waals surface area contributed by atoms with E-state index >= 15 is 0 Å². The van der Waals surface area contributed by atoms with E-state index in [0.29, 0.717) is 0 Å². The van der Waals surface area contributed by atoms with Crippen LogP contribution in [0.25, 0.3) is 0 Å². The van der Waals surface area contributed by atoms with E-state index in [0.717, 1.165) is 6.07 Å². The van der Waals surface area contributed by atoms with Gasteiger partial charge in [-0.3, -0.25) is 4.79 Å². The Hall–Kier alpha value is -0.860. The Kier molecular flexibility index (Phi) is 5.39. The third kappa shape index (κ3) is 4.92. The first-order valence-electron chi connectivity index (χ1n) is 5.42. The first kappa shape index (κ1) is 17.2. The zero-order valence-corrected chi connectivity index (χ0v) is 12.8. The number of sulfonamides is 1. The van der Waals surface area contributed by atoms with Crippen molar-refractivity contribution in [2.24, 2.45) is 0 Å². The van der Waals surface area contributed by atoms with Crippen LogP contribution < -0.4 is 4.72 Å². The lowest BCUT2D eigenvalue weighted by Gasteiger charge is -2.21. The molecule has 0 radical (unpaired) electrons. The van der Waals surface area contributed by atoms with Crippen LogP contribution in [0.5, 0.6) is 0 Å². The minimum absolute atomic E-state index is 0.0758. The van der Waals surface area contributed by atoms with Crippen LogP contribution in [0.2, 0.25) is 10.0 Å². The molecule has 1 atom stereocenters. The fourth-order valence-electron chi connectivity index (χ4n) is 1.37. The Morgan fingerprint density at radius 3 is 2.45 bits per heavy atom. The molecule has 0 spiro atoms. The minimum atomic E-state index is -3.91. The second-order valence-corrected chi connectivity index (χ2v) is 7.05. The molecule has 0 fully saturated rings. The zero-order valence-electron chi connectivity index (χ0n) is 10.4. The topological polar surface area (TPSA) is 104 Å². The summed E-state index contributed by atoms with van der Waals surface area (Å²) < 4.78 is 26.0. The van der Waals surface area contributed by atoms with E-state index in [1.165, 1.54) is 19.1 Å². The van der Waals surface area contributed by atoms with Crippen molar-refractivity contribution in [2.75, 3.05) is 6.54 Å². The molecule has 9 heteroatoms. The molecule has 0 aromatic heterocycles. The normalized spacial score (nSPS) is 14.8. The quantitative estimate of drug-likeness (QED) is 0.727. The van der Waals surface area contributed by atoms with Gasteiger partial charge in [-0.1, -0.05) is 23.2 Å². The highest BCUT2D eigenvalue weighted by molar-refractivity contribution is 7.89. The number of carboxylic acids is 1. The molecule has 0 aliphatic carbocycles. The molecule has 1 unspecified atom stereocenters. The standard InChI is InChI=1S/C11H13Cl2NO5S/c1-11(17,5-10(15)16)6-14-20(18,19)7-2-3-8(12)9(13)4-7/h2-4,14,17H,5-6H2,1H3,(H,15,16). The molecule has 112 valence electrons. The van der Waals surface area contributed by atoms with E-state index in [9.17, 15) is 18.3 Å². The molecule has 1 aromatic carbocycles. The van der Waals surface area contributed by atoms with Crippen LogP contribution in [0.3, 0.4) is 0 Å². The molecule has 0 bridgehead atoms. The van der Waals surface area contributed by atoms with Gasteiger partial charge in [0, 0.05) is 6.54 Å². The molecule has 20 heavy (non-hydrogen) atoms. The van der Waals surface area contributed by atoms with Crippen molar-refractivity contribution in [3.05, 3.63) is 28.2 Å². The van der Waals surface area contributed by atoms with Crippen LogP contribution >= 0.6 is 23.2 Å². The van der Waals surface area contributed by atoms with Gasteiger partial charge in [-0.2, -0.15) is 0 Å². The number of aliphatic carboxylic acids is 1. The summed E-state index contributed by atoms with van der Waals surface area (Å²) >= 11 is 11.4. The first-order chi connectivity index (χ1) is 9.03. The average Bonchev–Trinajstić information content (AvgIpc) is 2.29. The lowest BCUT2D eigenvalue weighted by molar-refractivity contribution is -0.141. The molecule has 0 saturated carbocycles. The summed E-state index contributed by atoms with van der Waals surface area (Å²) in [7, 11) is -3.91. The van der Waals surface area contributed by atoms with Crippen LogP contribution in [0.1, 0.15) is 13.3 Å². The summed E-state index contributed by atoms with van der Waals surface area (Å²) in [5.41, 5.74) is -1.70. The minimum Gasteiger partial charge on any atom is -0.481 e. The number of carboxylic acid groups (broad SMARTS) is 1. The third-order valence-electron chi connectivity index (χ3n) is 2.38. The summed E-state index contributed by atoms with van der Waals surface area (Å²) in [5, 5.41) is 18.6. The number of hydrogen-bond donors (Lipinski definition) is 3. The van der Waals surface area contributed by atoms with Gasteiger partial charge < -0.3 is 10.2 Å². The van der Waals surface area contributed by atoms with Crippen molar-refractivity contribution in [1.29, 1.82) is 0 Å². The Balaban J connectivity index is 2.85. The number of rotatable bonds is 6. The van der Waals surface area contributed by atoms with E-state index < -0.39 is 34.6 Å². The predicted molar refractivity (Wildman–Crippen MR) is 74.5 cm³/mol. The molecule has 3 N–H and O–H groups in total. The molecule has 0 amide bonds. The third-order valence-corrected chi connectivity index (χ3v) is 4.51. The highest BCUT2D eigenvalue weighted by atomic mass is 35.5. The fraction of sp³-hybridized carbons (Fsp3) is 0.364. The maximum Gasteiger partial charge on any atom is 0.306 e. The lowest BCUT2D eigenvalue weighted by Crippen LogP contribution is -2.42. The fourth-order valence-corrected chi connectivity index (χ4v) is 2.92. The molecule has 1 rings (SSSR count). The van der Waals surface area contributed by atoms with Gasteiger partial charge in [-0.05, 0) is 25.1 Å². The maximum atomic E-state index is 12.0. The predicted octanol–water partition coefficient (Wildman–Crippen LogP) is 1.50. The van der Waals surface area contributed by atoms with Gasteiger partial charge in [0.15, 0.2) is 0 Å². The number of halogens is 2. The van der Waals surface area contributed by atoms with E-state index in [1.54, 1.807) is 0 Å². The van der Waals surface area contributed by atoms with Crippen LogP contribution in [0, 0.1) is 0 Å². The van der Waals surface area contributed by atoms with Gasteiger partial charge in [0.1, 0.15) is 0 Å². The van der Waals surface area contributed by atoms with E-state index in [2.05, 4.69) is 4.72 Å². The Labute approximate surface area is 126 Å². The summed E-state index contributed by atoms with van der Waals surface area (Å²) in [6.07, 6.45) is -0.586. The average molecular weight is 342 g/mol. The Bertz CT molecular complexity index is 615. The highest BCUT2D eigenvalue weighted by Gasteiger charge is 2.27. The Morgan fingerprint density at radius 2 is 1.95 bits per heavy atom. The van der Waals surface area contributed by atoms with Gasteiger partial charge in [0.2, 0.25) is 10.0 Å². The molecular weight excluding hydrogens is 329 g/mol. The van der Waals surface area contributed by atoms with Gasteiger partial charge >= 0.3 is 5.97 Å². The van der Waals surface area contributed by atoms with Crippen LogP contribution in [0.4, 0.5) is 0 Å². The largest absolute Gasteiger partial charge is 0.481 e. The van der Waals surface area contributed by atoms with Crippen molar-refractivity contribution >= 4 is 39.2 Å². The van der Waals surface area contributed by atoms with Crippen LogP contribution in [-0.2, 0) is 14.8 Å². The summed E-state index contributed by atoms with van der Waals surface area (Å²) in [6, 6.07) is 3.74. The maximum absolute atomic E-state index is 12.0. The monoisotopic (exact) mass is 341 g/mol. The Morgan fingerprint density at radius 1 is 1.35 bits per heavy atom. The van der Waals surface area contributed by atoms with Crippen molar-refractivity contribution in [1.82, 2.24) is 4.72 Å². The second kappa shape index (κ2) is 6.28. The molecule has 1 aromatic rings. The number of hydrogen-bond acceptors (Lipinski definition) is 4. The number of aliphatic hydroxyl groups is 1. The molecule has 0 saturated heterocycles. The van der Waals surface area contributed by atoms with Crippen molar-refractivity contribution in [3.63, 3.8) is 0 Å². The molecule has 0 heterocycles. The number of carbonyl (C=O) groups is 1. The van der Waals surface area contributed by atoms with Gasteiger partial charge in [-0.25, -0.2) is 13.1 Å². The number of nitrogens with one attached hydrogen (secondary N) is 1. The van der Waals surface area contributed by atoms with Crippen molar-refractivity contribution in [3.8, 4) is 0 Å². The molecule has 0 aliphatic rings. The van der Waals surface area contributed by atoms with E-state index in [4.69, 9.17) is 28.3 Å². The summed E-state index contributed by atoms with van der Waals surface area (Å²) in [6.45, 7) is 0.778. The zero-order chi connectivity index (χ0) is 15.6. The van der Waals surface area contributed by atoms with Gasteiger partial charge in [0.05, 0.1) is 27.0 Å². The van der Waals surface area contributed by atoms with Crippen LogP contribution in [-0.4, -0.2) is 36.7 Å². The second-order valence-electron chi connectivity index (χ2n) is 4.47. The molecule has 6 nitrogen and oxygen atoms in total. The van der Waals surface area contributed by atoms with Crippen molar-refractivity contribution < 1.29 is 23.4 Å². The summed E-state index contributed by atoms with van der Waals surface area (Å²) in [5.74, 6) is -1.23. The van der Waals surface area contributed by atoms with Gasteiger partial charge in [-0.15, -0.1) is 0 Å². The van der Waals surface area contributed by atoms with E-state index in [-0.39, 0.29) is 14.9 Å². The van der Waals surface area contributed by atoms with Gasteiger partial charge in [0.25, 0.3) is 0 Å². The molecular formula is C11H13Cl2NO5S.